The van der Waals surface area contributed by atoms with Crippen molar-refractivity contribution in [3.63, 3.8) is 0 Å². The Kier molecular flexibility index (Phi) is 13.1. The predicted molar refractivity (Wildman–Crippen MR) is 169 cm³/mol. The Morgan fingerprint density at radius 3 is 1.93 bits per heavy atom. The van der Waals surface area contributed by atoms with E-state index in [4.69, 9.17) is 15.9 Å². The number of hydrogen-bond acceptors (Lipinski definition) is 7. The summed E-state index contributed by atoms with van der Waals surface area (Å²) in [4.78, 5) is 54.8. The van der Waals surface area contributed by atoms with Crippen molar-refractivity contribution in [2.24, 2.45) is 0 Å². The summed E-state index contributed by atoms with van der Waals surface area (Å²) in [5, 5.41) is 5.41. The fraction of sp³-hybridized carbons (Fsp3) is 0.455. The first-order valence-corrected chi connectivity index (χ1v) is 15.4. The number of alkyl carbamates (subject to hydrolysis) is 1. The zero-order valence-electron chi connectivity index (χ0n) is 26.0. The van der Waals surface area contributed by atoms with Crippen LogP contribution in [0.25, 0.3) is 0 Å². The van der Waals surface area contributed by atoms with Gasteiger partial charge in [0.25, 0.3) is 5.91 Å². The Morgan fingerprint density at radius 2 is 1.42 bits per heavy atom. The summed E-state index contributed by atoms with van der Waals surface area (Å²) >= 11 is 1.49. The second-order valence-corrected chi connectivity index (χ2v) is 12.9. The molecule has 0 fully saturated rings. The molecule has 0 saturated carbocycles. The zero-order chi connectivity index (χ0) is 32.2. The van der Waals surface area contributed by atoms with Crippen LogP contribution in [-0.4, -0.2) is 64.1 Å². The van der Waals surface area contributed by atoms with Gasteiger partial charge in [0.15, 0.2) is 0 Å². The molecule has 9 nitrogen and oxygen atoms in total. The normalized spacial score (nSPS) is 13.4. The molecule has 2 aromatic rings. The molecular weight excluding hydrogens is 566 g/mol. The van der Waals surface area contributed by atoms with Crippen molar-refractivity contribution in [1.82, 2.24) is 15.5 Å². The molecule has 43 heavy (non-hydrogen) atoms. The van der Waals surface area contributed by atoms with Crippen molar-refractivity contribution in [2.45, 2.75) is 83.7 Å². The molecule has 3 unspecified atom stereocenters. The number of rotatable bonds is 12. The largest absolute Gasteiger partial charge is 0.458 e. The van der Waals surface area contributed by atoms with Crippen molar-refractivity contribution in [2.75, 3.05) is 12.0 Å². The number of nitrogens with zero attached hydrogens (tertiary/aromatic N) is 1. The molecule has 2 aromatic carbocycles. The van der Waals surface area contributed by atoms with Gasteiger partial charge in [-0.1, -0.05) is 67.1 Å². The maximum absolute atomic E-state index is 14.0. The number of thioether (sulfide) groups is 1. The van der Waals surface area contributed by atoms with Crippen LogP contribution in [0.3, 0.4) is 0 Å². The van der Waals surface area contributed by atoms with Crippen molar-refractivity contribution in [3.05, 3.63) is 71.8 Å². The summed E-state index contributed by atoms with van der Waals surface area (Å²) in [5.41, 5.74) is -0.354. The Labute approximate surface area is 259 Å². The lowest BCUT2D eigenvalue weighted by Crippen LogP contribution is -2.53. The molecule has 0 heterocycles. The molecular formula is C33H43N3O6S. The quantitative estimate of drug-likeness (QED) is 0.201. The van der Waals surface area contributed by atoms with Gasteiger partial charge in [-0.15, -0.1) is 0 Å². The average molecular weight is 610 g/mol. The zero-order valence-corrected chi connectivity index (χ0v) is 26.8. The monoisotopic (exact) mass is 609 g/mol. The van der Waals surface area contributed by atoms with Crippen molar-refractivity contribution >= 4 is 35.6 Å². The molecule has 0 bridgehead atoms. The number of carbonyl (C=O) groups is 4. The Balaban J connectivity index is 2.47. The van der Waals surface area contributed by atoms with Gasteiger partial charge >= 0.3 is 12.1 Å². The highest BCUT2D eigenvalue weighted by atomic mass is 32.2. The second-order valence-electron chi connectivity index (χ2n) is 11.9. The van der Waals surface area contributed by atoms with Crippen LogP contribution < -0.4 is 10.6 Å². The number of terminal acetylenes is 1. The van der Waals surface area contributed by atoms with Crippen molar-refractivity contribution in [3.8, 4) is 12.5 Å². The molecule has 232 valence electrons. The van der Waals surface area contributed by atoms with Crippen molar-refractivity contribution in [1.29, 1.82) is 0 Å². The molecule has 0 aromatic heterocycles. The lowest BCUT2D eigenvalue weighted by Gasteiger charge is -2.31. The highest BCUT2D eigenvalue weighted by molar-refractivity contribution is 7.98. The number of amides is 3. The Hall–Kier alpha value is -3.97. The van der Waals surface area contributed by atoms with Crippen LogP contribution in [-0.2, 0) is 30.3 Å². The Bertz CT molecular complexity index is 1270. The first kappa shape index (κ1) is 35.2. The summed E-state index contributed by atoms with van der Waals surface area (Å²) in [6.07, 6.45) is 7.37. The van der Waals surface area contributed by atoms with E-state index in [0.717, 1.165) is 10.5 Å². The third-order valence-electron chi connectivity index (χ3n) is 5.89. The van der Waals surface area contributed by atoms with Crippen LogP contribution in [0.2, 0.25) is 0 Å². The maximum Gasteiger partial charge on any atom is 0.408 e. The molecule has 3 amide bonds. The van der Waals surface area contributed by atoms with Crippen LogP contribution in [0.4, 0.5) is 4.79 Å². The van der Waals surface area contributed by atoms with E-state index < -0.39 is 53.2 Å². The van der Waals surface area contributed by atoms with Crippen LogP contribution in [0, 0.1) is 12.5 Å². The van der Waals surface area contributed by atoms with Gasteiger partial charge in [0.2, 0.25) is 5.91 Å². The highest BCUT2D eigenvalue weighted by Crippen LogP contribution is 2.24. The van der Waals surface area contributed by atoms with Crippen LogP contribution >= 0.6 is 11.8 Å². The van der Waals surface area contributed by atoms with Crippen molar-refractivity contribution < 1.29 is 28.7 Å². The smallest absolute Gasteiger partial charge is 0.408 e. The maximum atomic E-state index is 14.0. The van der Waals surface area contributed by atoms with Crippen LogP contribution in [0.15, 0.2) is 60.7 Å². The SMILES string of the molecule is C#CN(C(=O)C(CCSC)NC(=O)OC(C)(C)C)C(C(=O)NC(Cc1ccccc1)C(=O)OC(C)(C)C)c1ccccc1. The van der Waals surface area contributed by atoms with E-state index in [2.05, 4.69) is 16.7 Å². The summed E-state index contributed by atoms with van der Waals surface area (Å²) in [6.45, 7) is 10.4. The first-order valence-electron chi connectivity index (χ1n) is 14.0. The van der Waals surface area contributed by atoms with Gasteiger partial charge in [0.05, 0.1) is 0 Å². The van der Waals surface area contributed by atoms with Gasteiger partial charge in [0, 0.05) is 12.5 Å². The van der Waals surface area contributed by atoms with Gasteiger partial charge in [-0.25, -0.2) is 9.59 Å². The molecule has 3 atom stereocenters. The van der Waals surface area contributed by atoms with E-state index in [0.29, 0.717) is 11.3 Å². The summed E-state index contributed by atoms with van der Waals surface area (Å²) in [5.74, 6) is -1.43. The van der Waals surface area contributed by atoms with Gasteiger partial charge in [-0.3, -0.25) is 14.5 Å². The van der Waals surface area contributed by atoms with E-state index in [1.807, 2.05) is 36.6 Å². The van der Waals surface area contributed by atoms with E-state index >= 15 is 0 Å². The van der Waals surface area contributed by atoms with Gasteiger partial charge < -0.3 is 20.1 Å². The summed E-state index contributed by atoms with van der Waals surface area (Å²) in [7, 11) is 0. The number of carbonyl (C=O) groups excluding carboxylic acids is 4. The minimum atomic E-state index is -1.31. The van der Waals surface area contributed by atoms with Crippen LogP contribution in [0.5, 0.6) is 0 Å². The van der Waals surface area contributed by atoms with Gasteiger partial charge in [-0.2, -0.15) is 11.8 Å². The van der Waals surface area contributed by atoms with E-state index in [-0.39, 0.29) is 12.8 Å². The molecule has 0 saturated heterocycles. The number of benzene rings is 2. The first-order chi connectivity index (χ1) is 20.1. The molecule has 2 N–H and O–H groups in total. The van der Waals surface area contributed by atoms with Gasteiger partial charge in [0.1, 0.15) is 29.3 Å². The minimum absolute atomic E-state index is 0.156. The fourth-order valence-electron chi connectivity index (χ4n) is 4.10. The topological polar surface area (TPSA) is 114 Å². The molecule has 0 spiro atoms. The molecule has 0 aliphatic rings. The van der Waals surface area contributed by atoms with Gasteiger partial charge in [-0.05, 0) is 71.1 Å². The average Bonchev–Trinajstić information content (AvgIpc) is 2.92. The third-order valence-corrected chi connectivity index (χ3v) is 6.53. The minimum Gasteiger partial charge on any atom is -0.458 e. The predicted octanol–water partition coefficient (Wildman–Crippen LogP) is 4.86. The number of esters is 1. The lowest BCUT2D eigenvalue weighted by molar-refractivity contribution is -0.159. The van der Waals surface area contributed by atoms with E-state index in [9.17, 15) is 19.2 Å². The molecule has 0 aliphatic heterocycles. The van der Waals surface area contributed by atoms with Crippen LogP contribution in [0.1, 0.15) is 65.1 Å². The second kappa shape index (κ2) is 16.0. The number of ether oxygens (including phenoxy) is 2. The molecule has 2 rings (SSSR count). The highest BCUT2D eigenvalue weighted by Gasteiger charge is 2.38. The third kappa shape index (κ3) is 12.0. The molecule has 0 radical (unpaired) electrons. The Morgan fingerprint density at radius 1 is 0.860 bits per heavy atom. The summed E-state index contributed by atoms with van der Waals surface area (Å²) in [6, 6.07) is 16.7. The van der Waals surface area contributed by atoms with E-state index in [1.54, 1.807) is 71.9 Å². The molecule has 10 heteroatoms. The lowest BCUT2D eigenvalue weighted by atomic mass is 10.0. The number of nitrogens with one attached hydrogen (secondary N) is 2. The fourth-order valence-corrected chi connectivity index (χ4v) is 4.57. The standard InChI is InChI=1S/C33H43N3O6S/c1-9-36(29(38)25(20-21-43-8)35-31(40)42-33(5,6)7)27(24-18-14-11-15-19-24)28(37)34-26(30(39)41-32(2,3)4)22-23-16-12-10-13-17-23/h1,10-19,25-27H,20-22H2,2-8H3,(H,34,37)(H,35,40). The molecule has 0 aliphatic carbocycles. The number of hydrogen-bond donors (Lipinski definition) is 2. The summed E-state index contributed by atoms with van der Waals surface area (Å²) < 4.78 is 11.0. The van der Waals surface area contributed by atoms with E-state index in [1.165, 1.54) is 11.8 Å².